The number of hydrogen-bond acceptors (Lipinski definition) is 2. The molecule has 1 heterocycles. The fourth-order valence-electron chi connectivity index (χ4n) is 2.25. The molecule has 3 heteroatoms. The van der Waals surface area contributed by atoms with E-state index in [9.17, 15) is 4.39 Å². The van der Waals surface area contributed by atoms with Gasteiger partial charge < -0.3 is 5.32 Å². The summed E-state index contributed by atoms with van der Waals surface area (Å²) in [6.45, 7) is 2.09. The van der Waals surface area contributed by atoms with E-state index in [-0.39, 0.29) is 0 Å². The molecular formula is C14H17FN2. The van der Waals surface area contributed by atoms with Crippen LogP contribution in [0.25, 0.3) is 0 Å². The number of nitrogens with one attached hydrogen (secondary N) is 1. The first-order valence-electron chi connectivity index (χ1n) is 6.35. The van der Waals surface area contributed by atoms with E-state index in [4.69, 9.17) is 0 Å². The quantitative estimate of drug-likeness (QED) is 0.724. The minimum atomic E-state index is -1.02. The van der Waals surface area contributed by atoms with Gasteiger partial charge >= 0.3 is 0 Å². The molecule has 17 heavy (non-hydrogen) atoms. The Morgan fingerprint density at radius 1 is 1.41 bits per heavy atom. The molecule has 1 N–H and O–H groups in total. The lowest BCUT2D eigenvalue weighted by molar-refractivity contribution is 0.491. The molecule has 0 radical (unpaired) electrons. The lowest BCUT2D eigenvalue weighted by Gasteiger charge is -2.13. The Morgan fingerprint density at radius 2 is 2.29 bits per heavy atom. The molecule has 0 aromatic rings. The van der Waals surface area contributed by atoms with E-state index in [2.05, 4.69) is 10.3 Å². The van der Waals surface area contributed by atoms with Gasteiger partial charge in [-0.15, -0.1) is 0 Å². The molecular weight excluding hydrogens is 215 g/mol. The average molecular weight is 232 g/mol. The Labute approximate surface area is 101 Å². The molecule has 3 rings (SSSR count). The summed E-state index contributed by atoms with van der Waals surface area (Å²) in [5.74, 6) is 0.909. The molecule has 2 nitrogen and oxygen atoms in total. The van der Waals surface area contributed by atoms with Crippen molar-refractivity contribution in [2.75, 3.05) is 13.1 Å². The van der Waals surface area contributed by atoms with Gasteiger partial charge in [0.05, 0.1) is 5.71 Å². The van der Waals surface area contributed by atoms with Gasteiger partial charge in [0.25, 0.3) is 0 Å². The molecule has 3 aliphatic rings. The van der Waals surface area contributed by atoms with Gasteiger partial charge in [0.15, 0.2) is 6.17 Å². The van der Waals surface area contributed by atoms with Crippen molar-refractivity contribution in [2.45, 2.75) is 25.4 Å². The molecule has 0 amide bonds. The van der Waals surface area contributed by atoms with Crippen LogP contribution in [0.15, 0.2) is 40.6 Å². The Bertz CT molecular complexity index is 428. The van der Waals surface area contributed by atoms with E-state index < -0.39 is 6.17 Å². The monoisotopic (exact) mass is 232 g/mol. The lowest BCUT2D eigenvalue weighted by Crippen LogP contribution is -2.20. The number of aliphatic imine (C=N–C) groups is 1. The number of rotatable bonds is 5. The van der Waals surface area contributed by atoms with Crippen LogP contribution in [0.5, 0.6) is 0 Å². The van der Waals surface area contributed by atoms with Crippen LogP contribution in [0, 0.1) is 5.92 Å². The molecule has 1 unspecified atom stereocenters. The number of allylic oxidation sites excluding steroid dienone is 4. The second-order valence-electron chi connectivity index (χ2n) is 4.93. The maximum Gasteiger partial charge on any atom is 0.161 e. The van der Waals surface area contributed by atoms with Gasteiger partial charge in [-0.1, -0.05) is 12.2 Å². The van der Waals surface area contributed by atoms with Crippen LogP contribution in [0.2, 0.25) is 0 Å². The summed E-state index contributed by atoms with van der Waals surface area (Å²) in [6, 6.07) is 0. The molecule has 0 spiro atoms. The number of hydrogen-bond donors (Lipinski definition) is 1. The Balaban J connectivity index is 1.51. The molecule has 1 atom stereocenters. The summed E-state index contributed by atoms with van der Waals surface area (Å²) in [7, 11) is 0. The maximum absolute atomic E-state index is 13.5. The van der Waals surface area contributed by atoms with Crippen LogP contribution >= 0.6 is 0 Å². The summed E-state index contributed by atoms with van der Waals surface area (Å²) in [6.07, 6.45) is 9.79. The van der Waals surface area contributed by atoms with Gasteiger partial charge in [0.1, 0.15) is 0 Å². The van der Waals surface area contributed by atoms with Crippen LogP contribution in [0.1, 0.15) is 19.3 Å². The van der Waals surface area contributed by atoms with E-state index >= 15 is 0 Å². The molecule has 1 aliphatic heterocycles. The molecule has 0 bridgehead atoms. The average Bonchev–Trinajstić information content (AvgIpc) is 3.06. The number of fused-ring (bicyclic) bond motifs is 1. The van der Waals surface area contributed by atoms with Crippen LogP contribution in [0.4, 0.5) is 4.39 Å². The predicted octanol–water partition coefficient (Wildman–Crippen LogP) is 2.55. The molecule has 90 valence electrons. The van der Waals surface area contributed by atoms with Gasteiger partial charge in [-0.25, -0.2) is 4.39 Å². The van der Waals surface area contributed by atoms with E-state index in [0.29, 0.717) is 5.71 Å². The highest BCUT2D eigenvalue weighted by molar-refractivity contribution is 6.11. The van der Waals surface area contributed by atoms with Crippen molar-refractivity contribution in [1.82, 2.24) is 5.32 Å². The van der Waals surface area contributed by atoms with Crippen LogP contribution in [-0.4, -0.2) is 25.0 Å². The van der Waals surface area contributed by atoms with E-state index in [1.807, 2.05) is 12.3 Å². The first-order valence-corrected chi connectivity index (χ1v) is 6.35. The fourth-order valence-corrected chi connectivity index (χ4v) is 2.25. The van der Waals surface area contributed by atoms with Crippen molar-refractivity contribution in [2.24, 2.45) is 10.9 Å². The zero-order valence-electron chi connectivity index (χ0n) is 9.82. The number of nitrogens with zero attached hydrogens (tertiary/aromatic N) is 1. The minimum Gasteiger partial charge on any atom is -0.316 e. The second kappa shape index (κ2) is 4.57. The van der Waals surface area contributed by atoms with Crippen LogP contribution < -0.4 is 5.32 Å². The van der Waals surface area contributed by atoms with Crippen molar-refractivity contribution in [3.8, 4) is 0 Å². The molecule has 1 saturated carbocycles. The number of alkyl halides is 1. The first-order chi connectivity index (χ1) is 8.34. The summed E-state index contributed by atoms with van der Waals surface area (Å²) in [5, 5.41) is 3.45. The van der Waals surface area contributed by atoms with Crippen molar-refractivity contribution >= 4 is 5.71 Å². The molecule has 1 fully saturated rings. The van der Waals surface area contributed by atoms with Crippen molar-refractivity contribution < 1.29 is 4.39 Å². The Hall–Kier alpha value is -1.22. The second-order valence-corrected chi connectivity index (χ2v) is 4.93. The maximum atomic E-state index is 13.5. The fraction of sp³-hybridized carbons (Fsp3) is 0.500. The topological polar surface area (TPSA) is 24.4 Å². The van der Waals surface area contributed by atoms with Gasteiger partial charge in [0, 0.05) is 11.8 Å². The highest BCUT2D eigenvalue weighted by atomic mass is 19.1. The third-order valence-electron chi connectivity index (χ3n) is 3.49. The lowest BCUT2D eigenvalue weighted by atomic mass is 9.95. The normalized spacial score (nSPS) is 26.4. The standard InChI is InChI=1S/C14H17FN2/c15-13-3-1-2-12-11(9-17-14(12)13)6-7-16-8-10-4-5-10/h1-3,9-10,13,16H,4-8H2. The SMILES string of the molecule is FC1C=CC=C2C(CCNCC3CC3)=CN=C21. The molecule has 0 saturated heterocycles. The largest absolute Gasteiger partial charge is 0.316 e. The van der Waals surface area contributed by atoms with E-state index in [1.54, 1.807) is 12.2 Å². The predicted molar refractivity (Wildman–Crippen MR) is 67.8 cm³/mol. The van der Waals surface area contributed by atoms with Crippen molar-refractivity contribution in [3.05, 3.63) is 35.6 Å². The summed E-state index contributed by atoms with van der Waals surface area (Å²) in [5.41, 5.74) is 2.74. The minimum absolute atomic E-state index is 0.588. The summed E-state index contributed by atoms with van der Waals surface area (Å²) >= 11 is 0. The van der Waals surface area contributed by atoms with Crippen molar-refractivity contribution in [1.29, 1.82) is 0 Å². The van der Waals surface area contributed by atoms with Gasteiger partial charge in [0.2, 0.25) is 0 Å². The Morgan fingerprint density at radius 3 is 3.12 bits per heavy atom. The highest BCUT2D eigenvalue weighted by Gasteiger charge is 2.25. The molecule has 2 aliphatic carbocycles. The van der Waals surface area contributed by atoms with Crippen LogP contribution in [0.3, 0.4) is 0 Å². The zero-order chi connectivity index (χ0) is 11.7. The van der Waals surface area contributed by atoms with Gasteiger partial charge in [-0.3, -0.25) is 4.99 Å². The third kappa shape index (κ3) is 2.39. The van der Waals surface area contributed by atoms with Crippen molar-refractivity contribution in [3.63, 3.8) is 0 Å². The van der Waals surface area contributed by atoms with E-state index in [1.165, 1.54) is 12.8 Å². The summed E-state index contributed by atoms with van der Waals surface area (Å²) in [4.78, 5) is 4.18. The van der Waals surface area contributed by atoms with E-state index in [0.717, 1.165) is 36.6 Å². The zero-order valence-corrected chi connectivity index (χ0v) is 9.82. The van der Waals surface area contributed by atoms with Crippen LogP contribution in [-0.2, 0) is 0 Å². The molecule has 0 aromatic heterocycles. The Kier molecular flexibility index (Phi) is 2.93. The first kappa shape index (κ1) is 10.9. The molecule has 0 aromatic carbocycles. The number of halogens is 1. The highest BCUT2D eigenvalue weighted by Crippen LogP contribution is 2.29. The summed E-state index contributed by atoms with van der Waals surface area (Å²) < 4.78 is 13.5. The smallest absolute Gasteiger partial charge is 0.161 e. The third-order valence-corrected chi connectivity index (χ3v) is 3.49. The van der Waals surface area contributed by atoms with Gasteiger partial charge in [-0.2, -0.15) is 0 Å². The van der Waals surface area contributed by atoms with Gasteiger partial charge in [-0.05, 0) is 49.9 Å².